The number of piperazine rings is 1. The van der Waals surface area contributed by atoms with E-state index in [4.69, 9.17) is 41.4 Å². The molecular weight excluding hydrogens is 541 g/mol. The summed E-state index contributed by atoms with van der Waals surface area (Å²) >= 11 is 19.1. The zero-order valence-corrected chi connectivity index (χ0v) is 23.5. The Labute approximate surface area is 236 Å². The third-order valence-corrected chi connectivity index (χ3v) is 8.13. The molecule has 0 unspecified atom stereocenters. The third-order valence-electron chi connectivity index (χ3n) is 7.28. The summed E-state index contributed by atoms with van der Waals surface area (Å²) in [4.78, 5) is 25.8. The smallest absolute Gasteiger partial charge is 0.271 e. The molecule has 2 atom stereocenters. The predicted molar refractivity (Wildman–Crippen MR) is 156 cm³/mol. The number of rotatable bonds is 4. The summed E-state index contributed by atoms with van der Waals surface area (Å²) in [5.74, 6) is 0.262. The normalized spacial score (nSPS) is 18.2. The Morgan fingerprint density at radius 3 is 2.03 bits per heavy atom. The maximum absolute atomic E-state index is 13.1. The molecule has 9 heteroatoms. The molecular formula is C29H26Cl3N5O. The second kappa shape index (κ2) is 10.6. The summed E-state index contributed by atoms with van der Waals surface area (Å²) in [5.41, 5.74) is 3.77. The average Bonchev–Trinajstić information content (AvgIpc) is 2.91. The first kappa shape index (κ1) is 26.5. The van der Waals surface area contributed by atoms with E-state index in [1.165, 1.54) is 4.57 Å². The van der Waals surface area contributed by atoms with Crippen molar-refractivity contribution in [1.82, 2.24) is 14.5 Å². The van der Waals surface area contributed by atoms with E-state index in [9.17, 15) is 4.79 Å². The number of benzene rings is 2. The van der Waals surface area contributed by atoms with Crippen LogP contribution in [0.4, 0.5) is 11.5 Å². The van der Waals surface area contributed by atoms with Crippen LogP contribution in [0.1, 0.15) is 31.0 Å². The lowest BCUT2D eigenvalue weighted by Crippen LogP contribution is -2.57. The van der Waals surface area contributed by atoms with Crippen LogP contribution in [-0.2, 0) is 7.05 Å². The Hall–Kier alpha value is -3.08. The van der Waals surface area contributed by atoms with Gasteiger partial charge in [0, 0.05) is 42.3 Å². The molecule has 2 aromatic heterocycles. The lowest BCUT2D eigenvalue weighted by atomic mass is 9.93. The van der Waals surface area contributed by atoms with Gasteiger partial charge in [-0.25, -0.2) is 0 Å². The second-order valence-electron chi connectivity index (χ2n) is 9.73. The van der Waals surface area contributed by atoms with Crippen molar-refractivity contribution in [2.45, 2.75) is 32.0 Å². The van der Waals surface area contributed by atoms with Crippen LogP contribution in [0.25, 0.3) is 15.9 Å². The molecule has 5 rings (SSSR count). The monoisotopic (exact) mass is 565 g/mol. The lowest BCUT2D eigenvalue weighted by Gasteiger charge is -2.48. The molecule has 1 aliphatic heterocycles. The van der Waals surface area contributed by atoms with Crippen LogP contribution in [0.2, 0.25) is 15.1 Å². The van der Waals surface area contributed by atoms with Crippen molar-refractivity contribution >= 4 is 57.3 Å². The number of anilines is 1. The molecule has 2 aromatic carbocycles. The Morgan fingerprint density at radius 1 is 0.895 bits per heavy atom. The molecule has 1 fully saturated rings. The summed E-state index contributed by atoms with van der Waals surface area (Å²) in [6.07, 6.45) is 0. The van der Waals surface area contributed by atoms with Crippen LogP contribution in [0.3, 0.4) is 0 Å². The molecule has 6 nitrogen and oxygen atoms in total. The first-order chi connectivity index (χ1) is 18.2. The third kappa shape index (κ3) is 4.76. The number of fused-ring (bicyclic) bond motifs is 1. The van der Waals surface area contributed by atoms with Crippen molar-refractivity contribution in [3.63, 3.8) is 0 Å². The van der Waals surface area contributed by atoms with Gasteiger partial charge in [-0.3, -0.25) is 9.69 Å². The van der Waals surface area contributed by atoms with Crippen molar-refractivity contribution in [3.05, 3.63) is 109 Å². The van der Waals surface area contributed by atoms with E-state index in [0.717, 1.165) is 11.1 Å². The zero-order valence-electron chi connectivity index (χ0n) is 21.2. The average molecular weight is 567 g/mol. The fourth-order valence-electron chi connectivity index (χ4n) is 5.36. The van der Waals surface area contributed by atoms with Crippen molar-refractivity contribution in [2.24, 2.45) is 7.05 Å². The van der Waals surface area contributed by atoms with Crippen molar-refractivity contribution < 1.29 is 0 Å². The number of aromatic nitrogens is 2. The summed E-state index contributed by atoms with van der Waals surface area (Å²) in [6, 6.07) is 19.3. The van der Waals surface area contributed by atoms with E-state index < -0.39 is 0 Å². The number of nitrogens with zero attached hydrogens (tertiary/aromatic N) is 5. The maximum Gasteiger partial charge on any atom is 0.271 e. The number of hydrogen-bond donors (Lipinski definition) is 0. The number of aryl methyl sites for hydroxylation is 1. The van der Waals surface area contributed by atoms with Gasteiger partial charge in [-0.2, -0.15) is 0 Å². The topological polar surface area (TPSA) is 45.7 Å². The molecule has 194 valence electrons. The first-order valence-corrected chi connectivity index (χ1v) is 13.4. The molecule has 0 saturated carbocycles. The minimum Gasteiger partial charge on any atom is -0.361 e. The van der Waals surface area contributed by atoms with E-state index in [-0.39, 0.29) is 34.5 Å². The van der Waals surface area contributed by atoms with Crippen LogP contribution >= 0.6 is 34.8 Å². The number of pyridine rings is 2. The molecule has 0 aliphatic carbocycles. The Balaban J connectivity index is 1.58. The highest BCUT2D eigenvalue weighted by molar-refractivity contribution is 6.34. The van der Waals surface area contributed by atoms with Crippen LogP contribution in [0, 0.1) is 6.57 Å². The summed E-state index contributed by atoms with van der Waals surface area (Å²) in [5, 5.41) is 1.50. The van der Waals surface area contributed by atoms with Gasteiger partial charge in [0.1, 0.15) is 10.7 Å². The first-order valence-electron chi connectivity index (χ1n) is 12.3. The summed E-state index contributed by atoms with van der Waals surface area (Å²) in [6.45, 7) is 13.1. The molecule has 3 heterocycles. The summed E-state index contributed by atoms with van der Waals surface area (Å²) < 4.78 is 1.49. The lowest BCUT2D eigenvalue weighted by molar-refractivity contribution is 0.130. The van der Waals surface area contributed by atoms with E-state index >= 15 is 0 Å². The maximum atomic E-state index is 13.1. The van der Waals surface area contributed by atoms with Crippen molar-refractivity contribution in [2.75, 3.05) is 18.0 Å². The Bertz CT molecular complexity index is 1550. The van der Waals surface area contributed by atoms with Crippen molar-refractivity contribution in [3.8, 4) is 0 Å². The fourth-order valence-corrected chi connectivity index (χ4v) is 5.94. The van der Waals surface area contributed by atoms with Crippen LogP contribution in [-0.4, -0.2) is 39.6 Å². The quantitative estimate of drug-likeness (QED) is 0.247. The van der Waals surface area contributed by atoms with Crippen LogP contribution < -0.4 is 10.5 Å². The van der Waals surface area contributed by atoms with Gasteiger partial charge in [0.05, 0.1) is 11.6 Å². The van der Waals surface area contributed by atoms with Gasteiger partial charge in [-0.15, -0.1) is 4.98 Å². The molecule has 1 saturated heterocycles. The van der Waals surface area contributed by atoms with Gasteiger partial charge in [-0.05, 0) is 61.4 Å². The molecule has 0 bridgehead atoms. The van der Waals surface area contributed by atoms with Gasteiger partial charge < -0.3 is 14.3 Å². The predicted octanol–water partition coefficient (Wildman–Crippen LogP) is 7.13. The molecule has 0 spiro atoms. The minimum absolute atomic E-state index is 0.000460. The molecule has 38 heavy (non-hydrogen) atoms. The molecule has 0 N–H and O–H groups in total. The highest BCUT2D eigenvalue weighted by atomic mass is 35.5. The van der Waals surface area contributed by atoms with Crippen LogP contribution in [0.15, 0.2) is 65.5 Å². The number of halogens is 3. The SMILES string of the molecule is [C-]#[N+]c1ccc2c(n1)c(N1C[C@@H](C)N(C(c3ccc(Cl)cc3)c3ccc(Cl)cc3)C[C@@H]1C)c(Cl)c(=O)n2C. The summed E-state index contributed by atoms with van der Waals surface area (Å²) in [7, 11) is 1.67. The van der Waals surface area contributed by atoms with Gasteiger partial charge >= 0.3 is 0 Å². The second-order valence-corrected chi connectivity index (χ2v) is 11.0. The van der Waals surface area contributed by atoms with Gasteiger partial charge in [-0.1, -0.05) is 65.6 Å². The van der Waals surface area contributed by atoms with Crippen LogP contribution in [0.5, 0.6) is 0 Å². The van der Waals surface area contributed by atoms with Gasteiger partial charge in [0.25, 0.3) is 11.4 Å². The molecule has 1 aliphatic rings. The Kier molecular flexibility index (Phi) is 7.39. The molecule has 0 radical (unpaired) electrons. The minimum atomic E-state index is -0.283. The highest BCUT2D eigenvalue weighted by Crippen LogP contribution is 2.39. The Morgan fingerprint density at radius 2 is 1.47 bits per heavy atom. The highest BCUT2D eigenvalue weighted by Gasteiger charge is 2.37. The van der Waals surface area contributed by atoms with E-state index in [2.05, 4.69) is 57.7 Å². The van der Waals surface area contributed by atoms with E-state index in [0.29, 0.717) is 39.9 Å². The van der Waals surface area contributed by atoms with Gasteiger partial charge in [0.2, 0.25) is 5.52 Å². The molecule has 4 aromatic rings. The zero-order chi connectivity index (χ0) is 27.1. The molecule has 0 amide bonds. The largest absolute Gasteiger partial charge is 0.361 e. The fraction of sp³-hybridized carbons (Fsp3) is 0.276. The standard InChI is InChI=1S/C29H26Cl3N5O/c1-17-16-37(28-25(32)29(38)35(4)23-13-14-24(33-3)34-26(23)28)18(2)15-36(17)27(19-5-9-21(30)10-6-19)20-7-11-22(31)12-8-20/h5-14,17-18,27H,15-16H2,1-2,4H3/t17-,18+/m1/s1. The number of hydrogen-bond acceptors (Lipinski definition) is 4. The van der Waals surface area contributed by atoms with E-state index in [1.54, 1.807) is 19.2 Å². The van der Waals surface area contributed by atoms with Crippen molar-refractivity contribution in [1.29, 1.82) is 0 Å². The van der Waals surface area contributed by atoms with E-state index in [1.807, 2.05) is 24.3 Å². The van der Waals surface area contributed by atoms with Gasteiger partial charge in [0.15, 0.2) is 0 Å².